The smallest absolute Gasteiger partial charge is 0.475 e. The highest BCUT2D eigenvalue weighted by molar-refractivity contribution is 7.81. The maximum absolute atomic E-state index is 11.6. The van der Waals surface area contributed by atoms with E-state index in [2.05, 4.69) is 18.1 Å². The van der Waals surface area contributed by atoms with Gasteiger partial charge in [-0.15, -0.1) is 0 Å². The van der Waals surface area contributed by atoms with E-state index in [1.165, 1.54) is 0 Å². The number of halogens is 1. The van der Waals surface area contributed by atoms with Gasteiger partial charge in [-0.2, -0.15) is 0 Å². The maximum Gasteiger partial charge on any atom is 0.475 e. The Bertz CT molecular complexity index is 1570. The highest BCUT2D eigenvalue weighted by Crippen LogP contribution is 2.56. The molecule has 0 aromatic carbocycles. The Kier molecular flexibility index (Phi) is 27.8. The Morgan fingerprint density at radius 1 is 0.682 bits per heavy atom. The Balaban J connectivity index is 0.000000427. The van der Waals surface area contributed by atoms with Crippen LogP contribution in [0.5, 0.6) is 0 Å². The number of ether oxygens (including phenoxy) is 6. The van der Waals surface area contributed by atoms with Gasteiger partial charge in [0.1, 0.15) is 50.7 Å². The van der Waals surface area contributed by atoms with Gasteiger partial charge in [0.2, 0.25) is 0 Å². The molecule has 0 radical (unpaired) electrons. The molecule has 26 nitrogen and oxygen atoms in total. The molecule has 4 N–H and O–H groups in total. The quantitative estimate of drug-likeness (QED) is 0.107. The summed E-state index contributed by atoms with van der Waals surface area (Å²) in [6.07, 6.45) is -1.92. The number of phosphoric acid groups is 3. The molecule has 5 rings (SSSR count). The van der Waals surface area contributed by atoms with E-state index in [0.29, 0.717) is 68.3 Å². The van der Waals surface area contributed by atoms with Gasteiger partial charge in [0, 0.05) is 11.2 Å². The summed E-state index contributed by atoms with van der Waals surface area (Å²) in [6.45, 7) is 10.8. The van der Waals surface area contributed by atoms with Gasteiger partial charge < -0.3 is 71.5 Å². The van der Waals surface area contributed by atoms with E-state index >= 15 is 0 Å². The number of hydrogen-bond acceptors (Lipinski definition) is 23. The normalized spacial score (nSPS) is 27.0. The summed E-state index contributed by atoms with van der Waals surface area (Å²) in [7, 11) is -0.0886. The second-order valence-electron chi connectivity index (χ2n) is 18.1. The molecule has 66 heavy (non-hydrogen) atoms. The summed E-state index contributed by atoms with van der Waals surface area (Å²) in [5.41, 5.74) is 0. The highest BCUT2D eigenvalue weighted by atomic mass is 35.7. The molecule has 0 spiro atoms. The van der Waals surface area contributed by atoms with Crippen LogP contribution in [-0.4, -0.2) is 219 Å². The predicted octanol–water partition coefficient (Wildman–Crippen LogP) is 2.34. The molecule has 5 heterocycles. The van der Waals surface area contributed by atoms with Crippen molar-refractivity contribution in [2.24, 2.45) is 0 Å². The molecule has 0 saturated carbocycles. The van der Waals surface area contributed by atoms with Gasteiger partial charge in [-0.25, -0.2) is 13.7 Å². The van der Waals surface area contributed by atoms with Gasteiger partial charge in [-0.3, -0.25) is 36.2 Å². The van der Waals surface area contributed by atoms with Crippen molar-refractivity contribution in [3.05, 3.63) is 0 Å². The molecular formula is C35H76ClN2O24P4+. The lowest BCUT2D eigenvalue weighted by Crippen LogP contribution is -2.37. The Labute approximate surface area is 393 Å². The molecule has 6 atom stereocenters. The number of aliphatic hydroxyl groups is 3. The lowest BCUT2D eigenvalue weighted by molar-refractivity contribution is -0.870. The number of hydrogen-bond donors (Lipinski definition) is 4. The second-order valence-corrected chi connectivity index (χ2v) is 25.2. The molecule has 5 saturated heterocycles. The van der Waals surface area contributed by atoms with Crippen LogP contribution in [0.1, 0.15) is 41.5 Å². The van der Waals surface area contributed by atoms with Crippen molar-refractivity contribution in [3.63, 3.8) is 0 Å². The van der Waals surface area contributed by atoms with E-state index in [0.717, 1.165) is 0 Å². The molecule has 5 aliphatic heterocycles. The second kappa shape index (κ2) is 28.5. The summed E-state index contributed by atoms with van der Waals surface area (Å²) >= 11 is 5.08. The fraction of sp³-hybridized carbons (Fsp3) is 1.00. The molecule has 6 unspecified atom stereocenters. The Morgan fingerprint density at radius 2 is 1.09 bits per heavy atom. The fourth-order valence-corrected chi connectivity index (χ4v) is 8.51. The van der Waals surface area contributed by atoms with Crippen molar-refractivity contribution >= 4 is 41.7 Å². The standard InChI is InChI=1S/C11H24NO6P.C8H20NO6P.C8H15O6P.C6H12O3.C2H4ClO3P/c1-11(2)15-8-10(18-11)9-17-19(13,14)16-7-6-12(3,4)5;1-9(2,3)4-5-14-16(12,13)15-7-8(11)6-10;1-8(2)10-5-7(14-8)6-13-15(9)11-3-4-12-15;1-6(2)8-4-5(3-7)9-6;3-7(4)5-1-2-6-7/h10H,6-9H2,1-5H3;8,10-11H,4-7H2,1-3H3;7H,3-6H2,1-2H3;5,7H,3-4H2,1-2H3;1-2H2/p+1. The first-order chi connectivity index (χ1) is 30.0. The first kappa shape index (κ1) is 64.3. The topological polar surface area (TPSA) is 311 Å². The Morgan fingerprint density at radius 3 is 1.44 bits per heavy atom. The third-order valence-corrected chi connectivity index (χ3v) is 13.0. The van der Waals surface area contributed by atoms with Gasteiger partial charge in [-0.1, -0.05) is 0 Å². The van der Waals surface area contributed by atoms with Crippen molar-refractivity contribution in [2.45, 2.75) is 83.3 Å². The molecule has 0 aliphatic carbocycles. The van der Waals surface area contributed by atoms with Crippen molar-refractivity contribution in [2.75, 3.05) is 148 Å². The zero-order chi connectivity index (χ0) is 50.7. The lowest BCUT2D eigenvalue weighted by Gasteiger charge is -2.27. The Hall–Kier alpha value is 0.330. The van der Waals surface area contributed by atoms with Crippen LogP contribution in [0.4, 0.5) is 0 Å². The molecule has 0 aromatic heterocycles. The summed E-state index contributed by atoms with van der Waals surface area (Å²) in [4.78, 5) is 20.6. The van der Waals surface area contributed by atoms with Crippen LogP contribution in [0.3, 0.4) is 0 Å². The average molecular weight is 1070 g/mol. The molecule has 31 heteroatoms. The van der Waals surface area contributed by atoms with Crippen LogP contribution in [0, 0.1) is 0 Å². The van der Waals surface area contributed by atoms with E-state index in [1.807, 2.05) is 70.0 Å². The van der Waals surface area contributed by atoms with E-state index in [-0.39, 0.29) is 51.3 Å². The largest absolute Gasteiger partial charge is 0.756 e. The molecular weight excluding hydrogens is 992 g/mol. The third kappa shape index (κ3) is 32.3. The van der Waals surface area contributed by atoms with Crippen LogP contribution < -0.4 is 4.89 Å². The van der Waals surface area contributed by atoms with Gasteiger partial charge in [0.05, 0.1) is 122 Å². The zero-order valence-electron chi connectivity index (χ0n) is 40.1. The zero-order valence-corrected chi connectivity index (χ0v) is 44.5. The molecule has 0 amide bonds. The van der Waals surface area contributed by atoms with Crippen LogP contribution in [0.25, 0.3) is 0 Å². The van der Waals surface area contributed by atoms with Gasteiger partial charge >= 0.3 is 22.6 Å². The van der Waals surface area contributed by atoms with Crippen molar-refractivity contribution in [3.8, 4) is 0 Å². The number of nitrogens with zero attached hydrogens (tertiary/aromatic N) is 2. The fourth-order valence-electron chi connectivity index (χ4n) is 4.80. The number of likely N-dealkylation sites (N-methyl/N-ethyl adjacent to an activating group) is 2. The van der Waals surface area contributed by atoms with E-state index in [9.17, 15) is 28.0 Å². The minimum absolute atomic E-state index is 0.0134. The van der Waals surface area contributed by atoms with Gasteiger partial charge in [-0.05, 0) is 41.5 Å². The number of phosphoric ester groups is 3. The van der Waals surface area contributed by atoms with Crippen molar-refractivity contribution in [1.29, 1.82) is 0 Å². The molecule has 396 valence electrons. The van der Waals surface area contributed by atoms with Gasteiger partial charge in [0.25, 0.3) is 7.82 Å². The van der Waals surface area contributed by atoms with Crippen LogP contribution in [-0.2, 0) is 87.4 Å². The maximum atomic E-state index is 11.6. The van der Waals surface area contributed by atoms with Crippen LogP contribution in [0.15, 0.2) is 0 Å². The number of aliphatic hydroxyl groups excluding tert-OH is 3. The monoisotopic (exact) mass is 1070 g/mol. The molecule has 5 fully saturated rings. The predicted molar refractivity (Wildman–Crippen MR) is 233 cm³/mol. The van der Waals surface area contributed by atoms with Crippen LogP contribution in [0.2, 0.25) is 0 Å². The minimum Gasteiger partial charge on any atom is -0.756 e. The summed E-state index contributed by atoms with van der Waals surface area (Å²) in [6, 6.07) is 0. The number of rotatable bonds is 19. The third-order valence-electron chi connectivity index (χ3n) is 8.07. The SMILES string of the molecule is CC1(C)OCC(CO)O1.CC1(C)OCC(COP(=O)(O)OCC[N+](C)(C)C)O1.CC1(C)OCC(COP2(=O)OCCO2)O1.C[N+](C)(C)CCOP(=O)([O-])OCC(O)CO.O=P1(Cl)OCCO1. The summed E-state index contributed by atoms with van der Waals surface area (Å²) in [5, 5.41) is 25.9. The van der Waals surface area contributed by atoms with Crippen molar-refractivity contribution < 1.29 is 121 Å². The van der Waals surface area contributed by atoms with Gasteiger partial charge in [0.15, 0.2) is 17.4 Å². The molecule has 5 aliphatic rings. The van der Waals surface area contributed by atoms with E-state index in [1.54, 1.807) is 13.8 Å². The summed E-state index contributed by atoms with van der Waals surface area (Å²) in [5.74, 6) is -1.76. The molecule has 0 bridgehead atoms. The lowest BCUT2D eigenvalue weighted by atomic mass is 10.4. The van der Waals surface area contributed by atoms with E-state index < -0.39 is 67.1 Å². The van der Waals surface area contributed by atoms with Crippen molar-refractivity contribution in [1.82, 2.24) is 0 Å². The average Bonchev–Trinajstić information content (AvgIpc) is 4.02. The number of quaternary nitrogens is 2. The van der Waals surface area contributed by atoms with E-state index in [4.69, 9.17) is 77.6 Å². The molecule has 0 aromatic rings. The van der Waals surface area contributed by atoms with Crippen LogP contribution >= 0.6 is 41.7 Å². The first-order valence-corrected chi connectivity index (χ1v) is 27.7. The highest BCUT2D eigenvalue weighted by Gasteiger charge is 2.38. The minimum atomic E-state index is -4.38. The summed E-state index contributed by atoms with van der Waals surface area (Å²) < 4.78 is 120. The first-order valence-electron chi connectivity index (χ1n) is 20.8.